The highest BCUT2D eigenvalue weighted by atomic mass is 35.5. The zero-order chi connectivity index (χ0) is 16.2. The fourth-order valence-corrected chi connectivity index (χ4v) is 3.32. The monoisotopic (exact) mass is 330 g/mol. The maximum absolute atomic E-state index is 6.49. The largest absolute Gasteiger partial charge is 0.497 e. The number of hydrogen-bond acceptors (Lipinski definition) is 3. The first kappa shape index (κ1) is 16.2. The number of methoxy groups -OCH3 is 1. The van der Waals surface area contributed by atoms with Crippen LogP contribution in [0.5, 0.6) is 5.75 Å². The van der Waals surface area contributed by atoms with Crippen LogP contribution in [-0.4, -0.2) is 20.2 Å². The summed E-state index contributed by atoms with van der Waals surface area (Å²) in [5.41, 5.74) is 5.04. The molecule has 0 amide bonds. The number of ether oxygens (including phenoxy) is 1. The summed E-state index contributed by atoms with van der Waals surface area (Å²) < 4.78 is 5.23. The number of nitrogens with one attached hydrogen (secondary N) is 2. The quantitative estimate of drug-likeness (QED) is 0.881. The Kier molecular flexibility index (Phi) is 5.09. The first-order valence-electron chi connectivity index (χ1n) is 8.10. The van der Waals surface area contributed by atoms with E-state index >= 15 is 0 Å². The second-order valence-corrected chi connectivity index (χ2v) is 6.36. The Balaban J connectivity index is 1.86. The Hall–Kier alpha value is -1.71. The number of rotatable bonds is 4. The van der Waals surface area contributed by atoms with E-state index in [1.165, 1.54) is 16.7 Å². The van der Waals surface area contributed by atoms with E-state index in [2.05, 4.69) is 35.8 Å². The molecule has 1 atom stereocenters. The highest BCUT2D eigenvalue weighted by Crippen LogP contribution is 2.33. The van der Waals surface area contributed by atoms with E-state index in [4.69, 9.17) is 16.3 Å². The molecule has 0 saturated carbocycles. The Bertz CT molecular complexity index is 670. The molecule has 3 rings (SSSR count). The molecule has 2 aromatic carbocycles. The van der Waals surface area contributed by atoms with E-state index in [-0.39, 0.29) is 6.04 Å². The summed E-state index contributed by atoms with van der Waals surface area (Å²) in [4.78, 5) is 0. The first-order valence-corrected chi connectivity index (χ1v) is 8.48. The molecule has 0 radical (unpaired) electrons. The van der Waals surface area contributed by atoms with Crippen molar-refractivity contribution >= 4 is 17.3 Å². The van der Waals surface area contributed by atoms with Gasteiger partial charge in [-0.15, -0.1) is 0 Å². The standard InChI is InChI=1S/C19H23ClN2O/c1-13(14-3-6-16(23-2)7-4-14)22-19-17-10-12-21-11-9-15(17)5-8-18(19)20/h3-8,13,21-22H,9-12H2,1-2H3. The SMILES string of the molecule is COc1ccc(C(C)Nc2c(Cl)ccc3c2CCNCC3)cc1. The predicted molar refractivity (Wildman–Crippen MR) is 96.8 cm³/mol. The molecule has 0 aliphatic carbocycles. The average Bonchev–Trinajstić information content (AvgIpc) is 2.83. The van der Waals surface area contributed by atoms with Crippen LogP contribution >= 0.6 is 11.6 Å². The number of hydrogen-bond donors (Lipinski definition) is 2. The molecule has 0 fully saturated rings. The topological polar surface area (TPSA) is 33.3 Å². The third kappa shape index (κ3) is 3.62. The van der Waals surface area contributed by atoms with Crippen LogP contribution in [0.4, 0.5) is 5.69 Å². The molecular formula is C19H23ClN2O. The van der Waals surface area contributed by atoms with Crippen molar-refractivity contribution in [1.29, 1.82) is 0 Å². The van der Waals surface area contributed by atoms with Crippen LogP contribution in [0.1, 0.15) is 29.7 Å². The Morgan fingerprint density at radius 2 is 1.83 bits per heavy atom. The van der Waals surface area contributed by atoms with E-state index in [1.54, 1.807) is 7.11 Å². The average molecular weight is 331 g/mol. The van der Waals surface area contributed by atoms with Crippen LogP contribution in [0.3, 0.4) is 0 Å². The van der Waals surface area contributed by atoms with Gasteiger partial charge in [0.05, 0.1) is 17.8 Å². The molecule has 1 heterocycles. The normalized spacial score (nSPS) is 15.4. The number of anilines is 1. The molecule has 2 aromatic rings. The molecule has 0 bridgehead atoms. The summed E-state index contributed by atoms with van der Waals surface area (Å²) in [6, 6.07) is 12.5. The van der Waals surface area contributed by atoms with Crippen molar-refractivity contribution in [2.45, 2.75) is 25.8 Å². The zero-order valence-electron chi connectivity index (χ0n) is 13.7. The van der Waals surface area contributed by atoms with Crippen LogP contribution in [0, 0.1) is 0 Å². The van der Waals surface area contributed by atoms with E-state index < -0.39 is 0 Å². The molecule has 23 heavy (non-hydrogen) atoms. The third-order valence-corrected chi connectivity index (χ3v) is 4.77. The molecule has 3 nitrogen and oxygen atoms in total. The predicted octanol–water partition coefficient (Wildman–Crippen LogP) is 4.21. The van der Waals surface area contributed by atoms with Crippen molar-refractivity contribution in [3.63, 3.8) is 0 Å². The summed E-state index contributed by atoms with van der Waals surface area (Å²) >= 11 is 6.49. The van der Waals surface area contributed by atoms with Crippen molar-refractivity contribution < 1.29 is 4.74 Å². The Morgan fingerprint density at radius 1 is 1.09 bits per heavy atom. The maximum atomic E-state index is 6.49. The molecule has 1 aliphatic rings. The first-order chi connectivity index (χ1) is 11.2. The summed E-state index contributed by atoms with van der Waals surface area (Å²) in [5, 5.41) is 7.87. The van der Waals surface area contributed by atoms with Crippen molar-refractivity contribution in [3.8, 4) is 5.75 Å². The minimum Gasteiger partial charge on any atom is -0.497 e. The second kappa shape index (κ2) is 7.24. The van der Waals surface area contributed by atoms with E-state index in [0.29, 0.717) is 0 Å². The lowest BCUT2D eigenvalue weighted by Crippen LogP contribution is -2.16. The van der Waals surface area contributed by atoms with Crippen molar-refractivity contribution in [3.05, 3.63) is 58.1 Å². The van der Waals surface area contributed by atoms with Crippen LogP contribution in [-0.2, 0) is 12.8 Å². The Labute approximate surface area is 143 Å². The van der Waals surface area contributed by atoms with Gasteiger partial charge in [0.25, 0.3) is 0 Å². The van der Waals surface area contributed by atoms with Gasteiger partial charge in [-0.2, -0.15) is 0 Å². The molecule has 2 N–H and O–H groups in total. The summed E-state index contributed by atoms with van der Waals surface area (Å²) in [7, 11) is 1.68. The number of benzene rings is 2. The molecular weight excluding hydrogens is 308 g/mol. The van der Waals surface area contributed by atoms with Gasteiger partial charge in [-0.1, -0.05) is 29.8 Å². The molecule has 0 aromatic heterocycles. The number of fused-ring (bicyclic) bond motifs is 1. The molecule has 1 unspecified atom stereocenters. The van der Waals surface area contributed by atoms with Gasteiger partial charge in [-0.05, 0) is 67.7 Å². The van der Waals surface area contributed by atoms with Gasteiger partial charge in [0.15, 0.2) is 0 Å². The minimum absolute atomic E-state index is 0.182. The lowest BCUT2D eigenvalue weighted by atomic mass is 9.99. The molecule has 4 heteroatoms. The van der Waals surface area contributed by atoms with E-state index in [0.717, 1.165) is 42.4 Å². The highest BCUT2D eigenvalue weighted by molar-refractivity contribution is 6.33. The fraction of sp³-hybridized carbons (Fsp3) is 0.368. The van der Waals surface area contributed by atoms with Crippen LogP contribution < -0.4 is 15.4 Å². The van der Waals surface area contributed by atoms with Crippen LogP contribution in [0.15, 0.2) is 36.4 Å². The van der Waals surface area contributed by atoms with Crippen molar-refractivity contribution in [2.24, 2.45) is 0 Å². The summed E-state index contributed by atoms with van der Waals surface area (Å²) in [5.74, 6) is 0.874. The maximum Gasteiger partial charge on any atom is 0.118 e. The van der Waals surface area contributed by atoms with Gasteiger partial charge in [0.2, 0.25) is 0 Å². The third-order valence-electron chi connectivity index (χ3n) is 4.46. The number of halogens is 1. The highest BCUT2D eigenvalue weighted by Gasteiger charge is 2.16. The zero-order valence-corrected chi connectivity index (χ0v) is 14.4. The van der Waals surface area contributed by atoms with Gasteiger partial charge in [-0.3, -0.25) is 0 Å². The molecule has 0 spiro atoms. The van der Waals surface area contributed by atoms with Gasteiger partial charge in [0, 0.05) is 6.04 Å². The van der Waals surface area contributed by atoms with E-state index in [1.807, 2.05) is 18.2 Å². The van der Waals surface area contributed by atoms with Gasteiger partial charge >= 0.3 is 0 Å². The second-order valence-electron chi connectivity index (χ2n) is 5.95. The Morgan fingerprint density at radius 3 is 2.57 bits per heavy atom. The van der Waals surface area contributed by atoms with Gasteiger partial charge in [-0.25, -0.2) is 0 Å². The fourth-order valence-electron chi connectivity index (χ4n) is 3.09. The van der Waals surface area contributed by atoms with Crippen molar-refractivity contribution in [1.82, 2.24) is 5.32 Å². The smallest absolute Gasteiger partial charge is 0.118 e. The van der Waals surface area contributed by atoms with Crippen LogP contribution in [0.2, 0.25) is 5.02 Å². The van der Waals surface area contributed by atoms with Crippen molar-refractivity contribution in [2.75, 3.05) is 25.5 Å². The lowest BCUT2D eigenvalue weighted by Gasteiger charge is -2.21. The molecule has 0 saturated heterocycles. The summed E-state index contributed by atoms with van der Waals surface area (Å²) in [6.07, 6.45) is 2.06. The molecule has 122 valence electrons. The summed E-state index contributed by atoms with van der Waals surface area (Å²) in [6.45, 7) is 4.19. The minimum atomic E-state index is 0.182. The van der Waals surface area contributed by atoms with Gasteiger partial charge in [0.1, 0.15) is 5.75 Å². The van der Waals surface area contributed by atoms with Gasteiger partial charge < -0.3 is 15.4 Å². The lowest BCUT2D eigenvalue weighted by molar-refractivity contribution is 0.414. The molecule has 1 aliphatic heterocycles. The van der Waals surface area contributed by atoms with E-state index in [9.17, 15) is 0 Å². The van der Waals surface area contributed by atoms with Crippen LogP contribution in [0.25, 0.3) is 0 Å².